The van der Waals surface area contributed by atoms with Gasteiger partial charge in [-0.1, -0.05) is 244 Å². The van der Waals surface area contributed by atoms with Crippen LogP contribution in [0, 0.1) is 0 Å². The molecule has 0 atom stereocenters. The van der Waals surface area contributed by atoms with Crippen molar-refractivity contribution in [1.82, 2.24) is 29.5 Å². The molecule has 454 valence electrons. The van der Waals surface area contributed by atoms with Gasteiger partial charge in [-0.3, -0.25) is 0 Å². The predicted molar refractivity (Wildman–Crippen MR) is 399 cm³/mol. The Balaban J connectivity index is 0.820. The monoisotopic (exact) mass is 1240 g/mol. The normalized spacial score (nSPS) is 13.1. The first-order valence-corrected chi connectivity index (χ1v) is 33.2. The fourth-order valence-corrected chi connectivity index (χ4v) is 15.5. The van der Waals surface area contributed by atoms with Gasteiger partial charge < -0.3 is 14.4 Å². The van der Waals surface area contributed by atoms with E-state index in [-0.39, 0.29) is 12.1 Å². The number of hydrogen-bond acceptors (Lipinski definition) is 7. The van der Waals surface area contributed by atoms with Crippen LogP contribution < -0.4 is 26.2 Å². The van der Waals surface area contributed by atoms with Crippen LogP contribution in [0.5, 0.6) is 0 Å². The molecule has 16 aromatic rings. The highest BCUT2D eigenvalue weighted by Crippen LogP contribution is 2.52. The molecule has 0 spiro atoms. The van der Waals surface area contributed by atoms with E-state index in [1.54, 1.807) is 0 Å². The van der Waals surface area contributed by atoms with Gasteiger partial charge >= 0.3 is 0 Å². The number of benzene rings is 13. The van der Waals surface area contributed by atoms with E-state index in [1.807, 2.05) is 60.7 Å². The van der Waals surface area contributed by atoms with E-state index >= 15 is 0 Å². The quantitative estimate of drug-likeness (QED) is 0.126. The maximum Gasteiger partial charge on any atom is 0.252 e. The third kappa shape index (κ3) is 9.11. The van der Waals surface area contributed by atoms with Crippen molar-refractivity contribution in [2.45, 2.75) is 19.3 Å². The summed E-state index contributed by atoms with van der Waals surface area (Å²) in [7, 11) is 0. The van der Waals surface area contributed by atoms with Crippen molar-refractivity contribution in [1.29, 1.82) is 0 Å². The van der Waals surface area contributed by atoms with E-state index in [4.69, 9.17) is 24.9 Å². The number of nitrogens with zero attached hydrogens (tertiary/aromatic N) is 8. The third-order valence-electron chi connectivity index (χ3n) is 20.0. The molecule has 0 unspecified atom stereocenters. The van der Waals surface area contributed by atoms with E-state index in [9.17, 15) is 0 Å². The summed E-state index contributed by atoms with van der Waals surface area (Å²) in [5.74, 6) is 2.26. The summed E-state index contributed by atoms with van der Waals surface area (Å²) in [6.45, 7) is 4.72. The zero-order valence-electron chi connectivity index (χ0n) is 53.3. The van der Waals surface area contributed by atoms with Gasteiger partial charge in [0.25, 0.3) is 6.71 Å². The van der Waals surface area contributed by atoms with Crippen LogP contribution in [-0.2, 0) is 5.41 Å². The first-order chi connectivity index (χ1) is 47.9. The molecule has 97 heavy (non-hydrogen) atoms. The van der Waals surface area contributed by atoms with Crippen molar-refractivity contribution in [3.8, 4) is 96.0 Å². The standard InChI is InChI=1S/C88H59BN8/c1-88(2)70-38-20-18-36-65(70)67-53-68-66-37-19-23-41-76(66)97(80(68)54-71(67)88)77-49-48-61(86-93-84(59-28-10-4-11-29-59)92-85(94-86)60-30-12-5-13-31-60)50-69(77)87-90-74(57-26-8-3-9-27-57)55-75(91-87)58-46-44-56(45-47-58)62-51-81-83-82(52-62)96(64-34-16-7-17-35-64)79-43-25-22-40-73(79)89(83)72-39-21-24-42-78(72)95(81)63-32-14-6-15-33-63/h3-55H,1-2H3. The van der Waals surface area contributed by atoms with Gasteiger partial charge in [0.2, 0.25) is 0 Å². The molecular formula is C88H59BN8. The fourth-order valence-electron chi connectivity index (χ4n) is 15.5. The first-order valence-electron chi connectivity index (χ1n) is 33.2. The van der Waals surface area contributed by atoms with Gasteiger partial charge in [-0.2, -0.15) is 0 Å². The van der Waals surface area contributed by atoms with Gasteiger partial charge in [0, 0.05) is 83.7 Å². The van der Waals surface area contributed by atoms with Crippen LogP contribution in [-0.4, -0.2) is 36.2 Å². The Hall–Kier alpha value is -12.6. The van der Waals surface area contributed by atoms with Crippen molar-refractivity contribution >= 4 is 79.0 Å². The lowest BCUT2D eigenvalue weighted by Crippen LogP contribution is -2.61. The largest absolute Gasteiger partial charge is 0.311 e. The molecule has 9 heteroatoms. The highest BCUT2D eigenvalue weighted by molar-refractivity contribution is 7.00. The Morgan fingerprint density at radius 3 is 1.35 bits per heavy atom. The molecule has 0 N–H and O–H groups in total. The molecule has 0 amide bonds. The Kier molecular flexibility index (Phi) is 12.9. The molecule has 0 saturated carbocycles. The van der Waals surface area contributed by atoms with Crippen molar-refractivity contribution in [2.75, 3.05) is 9.80 Å². The third-order valence-corrected chi connectivity index (χ3v) is 20.0. The SMILES string of the molecule is CC1(C)c2ccccc2-c2cc3c4ccccc4n(-c4ccc(-c5nc(-c6ccccc6)nc(-c6ccccc6)n5)cc4-c4nc(-c5ccccc5)cc(-c5ccc(-c6cc7c8c(c6)N(c6ccccc6)c6ccccc6B8c6ccccc6N7c6ccccc6)cc5)n4)c3cc21. The van der Waals surface area contributed by atoms with Crippen molar-refractivity contribution < 1.29 is 0 Å². The molecule has 3 aliphatic rings. The first kappa shape index (κ1) is 56.0. The minimum absolute atomic E-state index is 0.0113. The molecule has 0 saturated heterocycles. The predicted octanol–water partition coefficient (Wildman–Crippen LogP) is 19.8. The Morgan fingerprint density at radius 1 is 0.278 bits per heavy atom. The zero-order chi connectivity index (χ0) is 64.3. The minimum atomic E-state index is -0.236. The lowest BCUT2D eigenvalue weighted by Gasteiger charge is -2.44. The van der Waals surface area contributed by atoms with Crippen LogP contribution >= 0.6 is 0 Å². The van der Waals surface area contributed by atoms with Gasteiger partial charge in [-0.05, 0) is 141 Å². The van der Waals surface area contributed by atoms with E-state index in [1.165, 1.54) is 55.4 Å². The summed E-state index contributed by atoms with van der Waals surface area (Å²) in [6, 6.07) is 115. The lowest BCUT2D eigenvalue weighted by atomic mass is 9.33. The Morgan fingerprint density at radius 2 is 0.753 bits per heavy atom. The van der Waals surface area contributed by atoms with Crippen LogP contribution in [0.25, 0.3) is 118 Å². The van der Waals surface area contributed by atoms with E-state index in [0.717, 1.165) is 101 Å². The van der Waals surface area contributed by atoms with Crippen LogP contribution in [0.1, 0.15) is 25.0 Å². The zero-order valence-corrected chi connectivity index (χ0v) is 53.3. The molecule has 13 aromatic carbocycles. The highest BCUT2D eigenvalue weighted by Gasteiger charge is 2.44. The second-order valence-corrected chi connectivity index (χ2v) is 25.9. The lowest BCUT2D eigenvalue weighted by molar-refractivity contribution is 0.661. The number of anilines is 6. The van der Waals surface area contributed by atoms with Gasteiger partial charge in [0.1, 0.15) is 0 Å². The average Bonchev–Trinajstić information content (AvgIpc) is 1.59. The fraction of sp³-hybridized carbons (Fsp3) is 0.0341. The highest BCUT2D eigenvalue weighted by atomic mass is 15.2. The second-order valence-electron chi connectivity index (χ2n) is 25.9. The van der Waals surface area contributed by atoms with Gasteiger partial charge in [-0.25, -0.2) is 24.9 Å². The molecule has 0 radical (unpaired) electrons. The molecule has 5 heterocycles. The van der Waals surface area contributed by atoms with Crippen molar-refractivity contribution in [3.63, 3.8) is 0 Å². The number of rotatable bonds is 10. The summed E-state index contributed by atoms with van der Waals surface area (Å²) in [6.07, 6.45) is 0. The van der Waals surface area contributed by atoms with Crippen LogP contribution in [0.2, 0.25) is 0 Å². The van der Waals surface area contributed by atoms with Gasteiger partial charge in [0.15, 0.2) is 23.3 Å². The molecular weight excluding hydrogens is 1180 g/mol. The molecule has 8 nitrogen and oxygen atoms in total. The summed E-state index contributed by atoms with van der Waals surface area (Å²) in [4.78, 5) is 32.0. The van der Waals surface area contributed by atoms with Crippen LogP contribution in [0.15, 0.2) is 322 Å². The Bertz CT molecular complexity index is 5630. The van der Waals surface area contributed by atoms with Gasteiger partial charge in [-0.15, -0.1) is 0 Å². The second kappa shape index (κ2) is 22.3. The Labute approximate surface area is 562 Å². The van der Waals surface area contributed by atoms with E-state index in [0.29, 0.717) is 23.3 Å². The summed E-state index contributed by atoms with van der Waals surface area (Å²) >= 11 is 0. The van der Waals surface area contributed by atoms with Crippen molar-refractivity contribution in [3.05, 3.63) is 333 Å². The van der Waals surface area contributed by atoms with Crippen LogP contribution in [0.3, 0.4) is 0 Å². The van der Waals surface area contributed by atoms with E-state index < -0.39 is 0 Å². The maximum atomic E-state index is 5.75. The molecule has 19 rings (SSSR count). The number of hydrogen-bond donors (Lipinski definition) is 0. The average molecular weight is 1240 g/mol. The topological polar surface area (TPSA) is 75.9 Å². The number of aromatic nitrogens is 6. The molecule has 3 aromatic heterocycles. The van der Waals surface area contributed by atoms with Crippen LogP contribution in [0.4, 0.5) is 34.1 Å². The molecule has 0 fully saturated rings. The number of fused-ring (bicyclic) bond motifs is 10. The number of para-hydroxylation sites is 5. The molecule has 0 bridgehead atoms. The molecule has 1 aliphatic carbocycles. The summed E-state index contributed by atoms with van der Waals surface area (Å²) in [5, 5.41) is 2.33. The van der Waals surface area contributed by atoms with E-state index in [2.05, 4.69) is 289 Å². The molecule has 2 aliphatic heterocycles. The maximum absolute atomic E-state index is 5.75. The summed E-state index contributed by atoms with van der Waals surface area (Å²) < 4.78 is 2.43. The minimum Gasteiger partial charge on any atom is -0.311 e. The smallest absolute Gasteiger partial charge is 0.252 e. The van der Waals surface area contributed by atoms with Gasteiger partial charge in [0.05, 0.1) is 28.1 Å². The summed E-state index contributed by atoms with van der Waals surface area (Å²) in [5.41, 5.74) is 27.8. The van der Waals surface area contributed by atoms with Crippen molar-refractivity contribution in [2.24, 2.45) is 0 Å².